The molecule has 1 rings (SSSR count). The Bertz CT molecular complexity index is 835. The first-order chi connectivity index (χ1) is 24.6. The summed E-state index contributed by atoms with van der Waals surface area (Å²) >= 11 is 0. The third-order valence-electron chi connectivity index (χ3n) is 10.5. The molecule has 51 heavy (non-hydrogen) atoms. The molecule has 0 bridgehead atoms. The molecule has 0 aromatic heterocycles. The number of ketones is 1. The molecule has 0 aromatic carbocycles. The van der Waals surface area contributed by atoms with Crippen LogP contribution in [0.1, 0.15) is 181 Å². The van der Waals surface area contributed by atoms with Crippen LogP contribution in [0.15, 0.2) is 12.2 Å². The zero-order valence-corrected chi connectivity index (χ0v) is 32.9. The molecule has 9 nitrogen and oxygen atoms in total. The van der Waals surface area contributed by atoms with Gasteiger partial charge in [-0.25, -0.2) is 0 Å². The van der Waals surface area contributed by atoms with Crippen LogP contribution in [0.2, 0.25) is 0 Å². The predicted octanol–water partition coefficient (Wildman–Crippen LogP) is 7.69. The molecule has 1 aliphatic rings. The highest BCUT2D eigenvalue weighted by molar-refractivity contribution is 5.86. The number of hydrogen-bond acceptors (Lipinski definition) is 9. The lowest BCUT2D eigenvalue weighted by atomic mass is 9.91. The number of rotatable bonds is 34. The van der Waals surface area contributed by atoms with E-state index in [9.17, 15) is 35.4 Å². The summed E-state index contributed by atoms with van der Waals surface area (Å²) in [4.78, 5) is 13.4. The first kappa shape index (κ1) is 48.1. The maximum atomic E-state index is 13.4. The molecule has 0 spiro atoms. The molecule has 1 fully saturated rings. The lowest BCUT2D eigenvalue weighted by molar-refractivity contribution is -0.303. The van der Waals surface area contributed by atoms with Crippen molar-refractivity contribution in [1.82, 2.24) is 0 Å². The van der Waals surface area contributed by atoms with Crippen LogP contribution in [-0.4, -0.2) is 92.5 Å². The van der Waals surface area contributed by atoms with Gasteiger partial charge in [0.2, 0.25) is 0 Å². The maximum Gasteiger partial charge on any atom is 0.186 e. The van der Waals surface area contributed by atoms with Crippen molar-refractivity contribution in [2.24, 2.45) is 11.8 Å². The number of hydrogen-bond donors (Lipinski definition) is 6. The lowest BCUT2D eigenvalue weighted by Crippen LogP contribution is -2.59. The third kappa shape index (κ3) is 22.8. The molecule has 0 saturated carbocycles. The van der Waals surface area contributed by atoms with Gasteiger partial charge in [0.15, 0.2) is 12.1 Å². The lowest BCUT2D eigenvalue weighted by Gasteiger charge is -2.40. The zero-order valence-electron chi connectivity index (χ0n) is 32.9. The van der Waals surface area contributed by atoms with Crippen LogP contribution >= 0.6 is 0 Å². The highest BCUT2D eigenvalue weighted by Gasteiger charge is 2.44. The minimum Gasteiger partial charge on any atom is -0.394 e. The fraction of sp³-hybridized carbons (Fsp3) is 0.929. The van der Waals surface area contributed by atoms with Gasteiger partial charge in [-0.15, -0.1) is 0 Å². The van der Waals surface area contributed by atoms with Crippen molar-refractivity contribution < 1.29 is 44.9 Å². The van der Waals surface area contributed by atoms with Gasteiger partial charge in [-0.2, -0.15) is 0 Å². The van der Waals surface area contributed by atoms with Crippen LogP contribution in [0, 0.1) is 11.8 Å². The van der Waals surface area contributed by atoms with E-state index >= 15 is 0 Å². The van der Waals surface area contributed by atoms with Crippen molar-refractivity contribution >= 4 is 5.78 Å². The zero-order chi connectivity index (χ0) is 37.7. The molecule has 6 N–H and O–H groups in total. The first-order valence-corrected chi connectivity index (χ1v) is 21.1. The van der Waals surface area contributed by atoms with Gasteiger partial charge < -0.3 is 40.1 Å². The van der Waals surface area contributed by atoms with E-state index < -0.39 is 61.2 Å². The fourth-order valence-corrected chi connectivity index (χ4v) is 6.92. The monoisotopic (exact) mass is 729 g/mol. The number of allylic oxidation sites excluding steroid dienone is 1. The Hall–Kier alpha value is -0.910. The second kappa shape index (κ2) is 31.4. The minimum absolute atomic E-state index is 0.293. The number of aliphatic hydroxyl groups excluding tert-OH is 6. The first-order valence-electron chi connectivity index (χ1n) is 21.1. The normalized spacial score (nSPS) is 22.9. The van der Waals surface area contributed by atoms with Crippen LogP contribution in [-0.2, 0) is 14.3 Å². The molecular weight excluding hydrogens is 648 g/mol. The average molecular weight is 729 g/mol. The second-order valence-corrected chi connectivity index (χ2v) is 15.7. The minimum atomic E-state index is -1.62. The number of aliphatic hydroxyl groups is 6. The summed E-state index contributed by atoms with van der Waals surface area (Å²) in [6.07, 6.45) is 22.8. The summed E-state index contributed by atoms with van der Waals surface area (Å²) in [7, 11) is 0. The Morgan fingerprint density at radius 2 is 1.14 bits per heavy atom. The molecule has 0 aromatic rings. The molecule has 1 heterocycles. The van der Waals surface area contributed by atoms with Crippen LogP contribution in [0.3, 0.4) is 0 Å². The van der Waals surface area contributed by atoms with Crippen molar-refractivity contribution in [2.45, 2.75) is 224 Å². The molecule has 1 aliphatic heterocycles. The molecular formula is C42H80O9. The van der Waals surface area contributed by atoms with Gasteiger partial charge in [0.05, 0.1) is 25.2 Å². The quantitative estimate of drug-likeness (QED) is 0.0289. The molecule has 1 saturated heterocycles. The van der Waals surface area contributed by atoms with Crippen molar-refractivity contribution in [2.75, 3.05) is 13.2 Å². The Balaban J connectivity index is 2.47. The van der Waals surface area contributed by atoms with Crippen LogP contribution in [0.5, 0.6) is 0 Å². The van der Waals surface area contributed by atoms with E-state index in [4.69, 9.17) is 9.47 Å². The highest BCUT2D eigenvalue weighted by atomic mass is 16.7. The predicted molar refractivity (Wildman–Crippen MR) is 205 cm³/mol. The van der Waals surface area contributed by atoms with E-state index in [1.165, 1.54) is 109 Å². The van der Waals surface area contributed by atoms with Crippen molar-refractivity contribution in [3.05, 3.63) is 12.2 Å². The van der Waals surface area contributed by atoms with E-state index in [2.05, 4.69) is 20.8 Å². The van der Waals surface area contributed by atoms with Crippen LogP contribution < -0.4 is 0 Å². The van der Waals surface area contributed by atoms with Gasteiger partial charge in [-0.1, -0.05) is 174 Å². The Morgan fingerprint density at radius 3 is 1.63 bits per heavy atom. The number of ether oxygens (including phenoxy) is 2. The Labute approximate surface area is 311 Å². The molecule has 8 atom stereocenters. The van der Waals surface area contributed by atoms with Crippen molar-refractivity contribution in [3.8, 4) is 0 Å². The van der Waals surface area contributed by atoms with Gasteiger partial charge >= 0.3 is 0 Å². The summed E-state index contributed by atoms with van der Waals surface area (Å²) in [6.45, 7) is 5.79. The molecule has 0 radical (unpaired) electrons. The van der Waals surface area contributed by atoms with Gasteiger partial charge in [-0.05, 0) is 25.2 Å². The number of carbonyl (C=O) groups is 1. The van der Waals surface area contributed by atoms with E-state index in [-0.39, 0.29) is 6.61 Å². The van der Waals surface area contributed by atoms with Crippen molar-refractivity contribution in [1.29, 1.82) is 0 Å². The summed E-state index contributed by atoms with van der Waals surface area (Å²) in [5, 5.41) is 62.0. The topological polar surface area (TPSA) is 157 Å². The molecule has 9 heteroatoms. The van der Waals surface area contributed by atoms with E-state index in [0.29, 0.717) is 12.8 Å². The number of Topliss-reactive ketones (excluding diaryl/α,β-unsaturated/α-hetero) is 1. The van der Waals surface area contributed by atoms with Gasteiger partial charge in [0, 0.05) is 0 Å². The smallest absolute Gasteiger partial charge is 0.186 e. The second-order valence-electron chi connectivity index (χ2n) is 15.7. The molecule has 0 unspecified atom stereocenters. The standard InChI is InChI=1S/C42H80O9/c1-4-5-6-7-8-9-10-11-12-13-14-15-16-21-24-27-30-36(45)38(46)34(32-50-42-41(49)40(48)39(47)37(31-43)51-42)35(44)29-26-23-20-18-17-19-22-25-28-33(2)3/h26,29,33-37,39-45,47-49H,4-25,27-28,30-32H2,1-3H3/b29-26+/t34-,35+,36+,37+,39-,40-,41+,42+/m0/s1. The Morgan fingerprint density at radius 1 is 0.667 bits per heavy atom. The fourth-order valence-electron chi connectivity index (χ4n) is 6.92. The van der Waals surface area contributed by atoms with E-state index in [1.807, 2.05) is 6.08 Å². The Kier molecular flexibility index (Phi) is 29.7. The van der Waals surface area contributed by atoms with Gasteiger partial charge in [0.25, 0.3) is 0 Å². The SMILES string of the molecule is CCCCCCCCCCCCCCCCCC[C@@H](O)C(=O)[C@@H](CO[C@@H]1O[C@H](CO)[C@H](O)[C@H](O)[C@H]1O)[C@H](O)/C=C/CCCCCCCCC(C)C. The largest absolute Gasteiger partial charge is 0.394 e. The molecule has 0 aliphatic carbocycles. The van der Waals surface area contributed by atoms with Gasteiger partial charge in [0.1, 0.15) is 30.5 Å². The maximum absolute atomic E-state index is 13.4. The van der Waals surface area contributed by atoms with E-state index in [0.717, 1.165) is 44.4 Å². The van der Waals surface area contributed by atoms with Crippen molar-refractivity contribution in [3.63, 3.8) is 0 Å². The van der Waals surface area contributed by atoms with Crippen LogP contribution in [0.4, 0.5) is 0 Å². The van der Waals surface area contributed by atoms with E-state index in [1.54, 1.807) is 6.08 Å². The summed E-state index contributed by atoms with van der Waals surface area (Å²) in [6, 6.07) is 0. The average Bonchev–Trinajstić information content (AvgIpc) is 3.11. The summed E-state index contributed by atoms with van der Waals surface area (Å²) in [5.41, 5.74) is 0. The third-order valence-corrected chi connectivity index (χ3v) is 10.5. The van der Waals surface area contributed by atoms with Gasteiger partial charge in [-0.3, -0.25) is 4.79 Å². The summed E-state index contributed by atoms with van der Waals surface area (Å²) < 4.78 is 11.1. The molecule has 302 valence electrons. The number of unbranched alkanes of at least 4 members (excludes halogenated alkanes) is 21. The molecule has 0 amide bonds. The summed E-state index contributed by atoms with van der Waals surface area (Å²) in [5.74, 6) is -0.912. The van der Waals surface area contributed by atoms with Crippen LogP contribution in [0.25, 0.3) is 0 Å². The highest BCUT2D eigenvalue weighted by Crippen LogP contribution is 2.24. The number of carbonyl (C=O) groups excluding carboxylic acids is 1.